The Bertz CT molecular complexity index is 2350. The van der Waals surface area contributed by atoms with Crippen molar-refractivity contribution in [1.82, 2.24) is 5.32 Å². The second-order valence-corrected chi connectivity index (χ2v) is 19.4. The minimum absolute atomic E-state index is 0.139. The fourth-order valence-electron chi connectivity index (χ4n) is 10.1. The lowest BCUT2D eigenvalue weighted by Gasteiger charge is -2.19. The molecule has 0 aromatic carbocycles. The first-order chi connectivity index (χ1) is 31.1. The number of fused-ring (bicyclic) bond motifs is 5. The summed E-state index contributed by atoms with van der Waals surface area (Å²) in [5.74, 6) is -0.732. The van der Waals surface area contributed by atoms with E-state index in [9.17, 15) is 19.5 Å². The number of Topliss-reactive ketones (excluding diaryl/α,β-unsaturated/α-hetero) is 1. The molecule has 5 aliphatic heterocycles. The molecule has 2 fully saturated rings. The Morgan fingerprint density at radius 1 is 0.908 bits per heavy atom. The molecule has 1 unspecified atom stereocenters. The van der Waals surface area contributed by atoms with Crippen molar-refractivity contribution >= 4 is 34.9 Å². The van der Waals surface area contributed by atoms with Gasteiger partial charge in [0.25, 0.3) is 0 Å². The molecule has 0 aromatic rings. The first kappa shape index (κ1) is 49.1. The summed E-state index contributed by atoms with van der Waals surface area (Å²) in [4.78, 5) is 56.5. The number of esters is 2. The average molecular weight is 885 g/mol. The van der Waals surface area contributed by atoms with E-state index in [4.69, 9.17) is 24.5 Å². The molecule has 10 nitrogen and oxygen atoms in total. The van der Waals surface area contributed by atoms with Gasteiger partial charge < -0.3 is 19.9 Å². The van der Waals surface area contributed by atoms with Crippen LogP contribution < -0.4 is 5.32 Å². The monoisotopic (exact) mass is 885 g/mol. The van der Waals surface area contributed by atoms with Crippen LogP contribution in [0, 0.1) is 35.5 Å². The number of hydrogen-bond donors (Lipinski definition) is 2. The normalized spacial score (nSPS) is 23.2. The summed E-state index contributed by atoms with van der Waals surface area (Å²) in [7, 11) is 1.29. The van der Waals surface area contributed by atoms with Gasteiger partial charge in [-0.3, -0.25) is 14.4 Å². The Kier molecular flexibility index (Phi) is 16.4. The molecule has 0 amide bonds. The van der Waals surface area contributed by atoms with E-state index in [0.717, 1.165) is 53.4 Å². The molecule has 2 N–H and O–H groups in total. The van der Waals surface area contributed by atoms with Crippen molar-refractivity contribution in [1.29, 1.82) is 0 Å². The van der Waals surface area contributed by atoms with Gasteiger partial charge >= 0.3 is 11.9 Å². The van der Waals surface area contributed by atoms with E-state index in [1.807, 2.05) is 45.1 Å². The van der Waals surface area contributed by atoms with Gasteiger partial charge in [-0.2, -0.15) is 0 Å². The minimum atomic E-state index is -1.23. The second-order valence-electron chi connectivity index (χ2n) is 19.4. The Morgan fingerprint density at radius 3 is 2.25 bits per heavy atom. The third kappa shape index (κ3) is 10.8. The summed E-state index contributed by atoms with van der Waals surface area (Å²) < 4.78 is 11.0. The lowest BCUT2D eigenvalue weighted by molar-refractivity contribution is -0.146. The van der Waals surface area contributed by atoms with Crippen LogP contribution in [0.1, 0.15) is 139 Å². The Morgan fingerprint density at radius 2 is 1.60 bits per heavy atom. The van der Waals surface area contributed by atoms with Crippen LogP contribution >= 0.6 is 0 Å². The molecule has 1 saturated heterocycles. The van der Waals surface area contributed by atoms with Crippen LogP contribution in [0.4, 0.5) is 0 Å². The molecule has 6 aliphatic rings. The first-order valence-corrected chi connectivity index (χ1v) is 24.1. The minimum Gasteiger partial charge on any atom is -0.515 e. The predicted octanol–water partition coefficient (Wildman–Crippen LogP) is 12.1. The molecule has 0 aromatic heterocycles. The SMILES string of the molecule is C=CC1=C(C)C2=NC1=CC1=NC(=C(CC)/C1=C/O)C=C1N=C3C(=C1C)C(=O)C(C(=O)OC)C3=C1NC(=C2)[C@@H](C)[C@@H]1CCC(=O)OC/C=C(\C)CCC[C@H](C)CCC[C@H](C)CCCC(C)C. The van der Waals surface area contributed by atoms with Crippen LogP contribution in [0.25, 0.3) is 0 Å². The highest BCUT2D eigenvalue weighted by atomic mass is 16.5. The van der Waals surface area contributed by atoms with Gasteiger partial charge in [0, 0.05) is 51.9 Å². The molecule has 10 heteroatoms. The molecule has 8 bridgehead atoms. The van der Waals surface area contributed by atoms with Crippen molar-refractivity contribution in [3.63, 3.8) is 0 Å². The highest BCUT2D eigenvalue weighted by Gasteiger charge is 2.52. The van der Waals surface area contributed by atoms with Crippen molar-refractivity contribution in [2.75, 3.05) is 13.7 Å². The third-order valence-corrected chi connectivity index (χ3v) is 14.2. The van der Waals surface area contributed by atoms with E-state index in [1.54, 1.807) is 6.08 Å². The van der Waals surface area contributed by atoms with Crippen LogP contribution in [0.15, 0.2) is 131 Å². The first-order valence-electron chi connectivity index (χ1n) is 24.1. The molecule has 65 heavy (non-hydrogen) atoms. The number of carbonyl (C=O) groups excluding carboxylic acids is 3. The number of ether oxygens (including phenoxy) is 2. The standard InChI is InChI=1S/C55H72N4O6/c1-12-38-35(8)42-27-43-36(9)40(23-24-48(61)65-26-25-34(7)22-16-21-33(6)20-15-19-32(5)18-14-17-31(3)4)52(58-43)50-51(55(63)64-11)54(62)49-37(10)44(59-53(49)50)28-46-39(13-2)41(30-60)47(57-46)29-45(38)56-42/h12,25,27-33,36,40,51,58,60H,1,13-24,26H2,2-11H3/b34-25+,41-30-,43-27?,44-28?,45-29?,52-50?/t32-,33-,36+,40+,51?/m1/s1. The summed E-state index contributed by atoms with van der Waals surface area (Å²) in [5.41, 5.74) is 10.9. The third-order valence-electron chi connectivity index (χ3n) is 14.2. The number of nitrogens with zero attached hydrogens (tertiary/aromatic N) is 3. The number of aliphatic imine (C=N–C) groups is 3. The largest absolute Gasteiger partial charge is 0.515 e. The van der Waals surface area contributed by atoms with E-state index in [2.05, 4.69) is 53.4 Å². The Balaban J connectivity index is 1.21. The molecule has 1 aliphatic carbocycles. The highest BCUT2D eigenvalue weighted by molar-refractivity contribution is 6.42. The van der Waals surface area contributed by atoms with Gasteiger partial charge in [-0.05, 0) is 105 Å². The summed E-state index contributed by atoms with van der Waals surface area (Å²) in [6, 6.07) is 0. The van der Waals surface area contributed by atoms with Gasteiger partial charge in [0.1, 0.15) is 12.5 Å². The molecule has 0 spiro atoms. The number of aliphatic hydroxyl groups is 1. The summed E-state index contributed by atoms with van der Waals surface area (Å²) in [6.45, 7) is 23.7. The molecule has 5 atom stereocenters. The molecule has 348 valence electrons. The second kappa shape index (κ2) is 21.7. The molecular formula is C55H72N4O6. The average Bonchev–Trinajstić information content (AvgIpc) is 4.02. The van der Waals surface area contributed by atoms with Crippen LogP contribution in [0.5, 0.6) is 0 Å². The van der Waals surface area contributed by atoms with Gasteiger partial charge in [-0.15, -0.1) is 0 Å². The number of nitrogens with one attached hydrogen (secondary N) is 1. The number of carbonyl (C=O) groups is 3. The number of aliphatic hydroxyl groups excluding tert-OH is 1. The number of hydrogen-bond acceptors (Lipinski definition) is 10. The zero-order chi connectivity index (χ0) is 47.1. The zero-order valence-electron chi connectivity index (χ0n) is 40.7. The molecule has 5 heterocycles. The number of methoxy groups -OCH3 is 1. The predicted molar refractivity (Wildman–Crippen MR) is 262 cm³/mol. The van der Waals surface area contributed by atoms with Crippen LogP contribution in [0.2, 0.25) is 0 Å². The summed E-state index contributed by atoms with van der Waals surface area (Å²) in [6.07, 6.45) is 22.9. The van der Waals surface area contributed by atoms with Gasteiger partial charge in [0.2, 0.25) is 0 Å². The quantitative estimate of drug-likeness (QED) is 0.0537. The topological polar surface area (TPSA) is 139 Å². The maximum Gasteiger partial charge on any atom is 0.321 e. The molecule has 1 saturated carbocycles. The summed E-state index contributed by atoms with van der Waals surface area (Å²) >= 11 is 0. The number of rotatable bonds is 20. The van der Waals surface area contributed by atoms with Crippen molar-refractivity contribution in [3.05, 3.63) is 116 Å². The van der Waals surface area contributed by atoms with Crippen molar-refractivity contribution in [3.8, 4) is 0 Å². The lowest BCUT2D eigenvalue weighted by atomic mass is 9.85. The highest BCUT2D eigenvalue weighted by Crippen LogP contribution is 2.47. The van der Waals surface area contributed by atoms with Crippen molar-refractivity contribution < 1.29 is 29.0 Å². The van der Waals surface area contributed by atoms with Crippen LogP contribution in [0.3, 0.4) is 0 Å². The fourth-order valence-corrected chi connectivity index (χ4v) is 10.1. The van der Waals surface area contributed by atoms with Gasteiger partial charge in [0.15, 0.2) is 5.78 Å². The fraction of sp³-hybridized carbons (Fsp3) is 0.527. The smallest absolute Gasteiger partial charge is 0.321 e. The van der Waals surface area contributed by atoms with E-state index in [-0.39, 0.29) is 36.6 Å². The maximum absolute atomic E-state index is 14.4. The van der Waals surface area contributed by atoms with Crippen molar-refractivity contribution in [2.24, 2.45) is 50.5 Å². The van der Waals surface area contributed by atoms with E-state index >= 15 is 0 Å². The zero-order valence-corrected chi connectivity index (χ0v) is 40.7. The van der Waals surface area contributed by atoms with Crippen LogP contribution in [-0.2, 0) is 23.9 Å². The van der Waals surface area contributed by atoms with Crippen LogP contribution in [-0.4, -0.2) is 53.7 Å². The van der Waals surface area contributed by atoms with Gasteiger partial charge in [-0.1, -0.05) is 105 Å². The maximum atomic E-state index is 14.4. The van der Waals surface area contributed by atoms with Crippen molar-refractivity contribution in [2.45, 2.75) is 139 Å². The molecular weight excluding hydrogens is 813 g/mol. The summed E-state index contributed by atoms with van der Waals surface area (Å²) in [5, 5.41) is 14.1. The Labute approximate surface area is 387 Å². The van der Waals surface area contributed by atoms with Gasteiger partial charge in [-0.25, -0.2) is 15.0 Å². The van der Waals surface area contributed by atoms with Gasteiger partial charge in [0.05, 0.1) is 47.6 Å². The lowest BCUT2D eigenvalue weighted by Crippen LogP contribution is -2.26. The molecule has 6 rings (SSSR count). The number of ketones is 1. The Hall–Kier alpha value is -5.38. The molecule has 0 radical (unpaired) electrons. The van der Waals surface area contributed by atoms with E-state index in [0.29, 0.717) is 81.0 Å². The van der Waals surface area contributed by atoms with E-state index in [1.165, 1.54) is 57.6 Å². The number of allylic oxidation sites excluding steroid dienone is 12. The van der Waals surface area contributed by atoms with E-state index < -0.39 is 11.9 Å².